The van der Waals surface area contributed by atoms with Crippen molar-refractivity contribution in [1.29, 1.82) is 0 Å². The second-order valence-corrected chi connectivity index (χ2v) is 9.59. The predicted octanol–water partition coefficient (Wildman–Crippen LogP) is 4.10. The van der Waals surface area contributed by atoms with Crippen molar-refractivity contribution in [3.05, 3.63) is 65.5 Å². The molecular formula is C20H21F4NO3S. The molecule has 1 unspecified atom stereocenters. The molecule has 2 rings (SSSR count). The number of nitrogens with one attached hydrogen (secondary N) is 1. The maximum Gasteiger partial charge on any atom is 0.416 e. The molecule has 0 radical (unpaired) electrons. The molecule has 2 aromatic carbocycles. The van der Waals surface area contributed by atoms with Crippen LogP contribution < -0.4 is 5.32 Å². The molecule has 0 bridgehead atoms. The summed E-state index contributed by atoms with van der Waals surface area (Å²) in [6, 6.07) is 8.86. The summed E-state index contributed by atoms with van der Waals surface area (Å²) in [4.78, 5) is 12.2. The number of rotatable bonds is 6. The Morgan fingerprint density at radius 1 is 1.03 bits per heavy atom. The first kappa shape index (κ1) is 22.9. The molecule has 9 heteroatoms. The van der Waals surface area contributed by atoms with E-state index >= 15 is 0 Å². The third kappa shape index (κ3) is 5.35. The monoisotopic (exact) mass is 431 g/mol. The lowest BCUT2D eigenvalue weighted by Crippen LogP contribution is -2.43. The number of halogens is 4. The molecular weight excluding hydrogens is 410 g/mol. The minimum atomic E-state index is -4.49. The minimum absolute atomic E-state index is 0.0730. The normalized spacial score (nSPS) is 13.8. The average molecular weight is 431 g/mol. The molecule has 158 valence electrons. The molecule has 0 aliphatic rings. The van der Waals surface area contributed by atoms with Crippen molar-refractivity contribution in [2.45, 2.75) is 42.5 Å². The van der Waals surface area contributed by atoms with Crippen LogP contribution in [0.5, 0.6) is 0 Å². The molecule has 4 nitrogen and oxygen atoms in total. The highest BCUT2D eigenvalue weighted by atomic mass is 32.2. The highest BCUT2D eigenvalue weighted by Crippen LogP contribution is 2.32. The molecule has 0 saturated carbocycles. The third-order valence-corrected chi connectivity index (χ3v) is 6.73. The fourth-order valence-corrected chi connectivity index (χ4v) is 3.93. The van der Waals surface area contributed by atoms with Gasteiger partial charge in [-0.1, -0.05) is 32.0 Å². The first-order valence-electron chi connectivity index (χ1n) is 8.70. The molecule has 0 fully saturated rings. The lowest BCUT2D eigenvalue weighted by Gasteiger charge is -2.27. The van der Waals surface area contributed by atoms with Gasteiger partial charge >= 0.3 is 6.18 Å². The quantitative estimate of drug-likeness (QED) is 0.553. The van der Waals surface area contributed by atoms with E-state index in [1.807, 2.05) is 0 Å². The van der Waals surface area contributed by atoms with Crippen molar-refractivity contribution in [3.63, 3.8) is 0 Å². The SMILES string of the molecule is CC(C(=O)NCC(C)(C)c1cccc(C(F)(F)F)c1)S(=O)(=O)c1ccc(F)cc1. The Morgan fingerprint density at radius 3 is 2.14 bits per heavy atom. The Balaban J connectivity index is 2.13. The fraction of sp³-hybridized carbons (Fsp3) is 0.350. The van der Waals surface area contributed by atoms with Crippen LogP contribution in [0.1, 0.15) is 31.9 Å². The zero-order valence-electron chi connectivity index (χ0n) is 16.0. The number of amides is 1. The van der Waals surface area contributed by atoms with E-state index in [-0.39, 0.29) is 11.4 Å². The van der Waals surface area contributed by atoms with Gasteiger partial charge in [0.1, 0.15) is 11.1 Å². The van der Waals surface area contributed by atoms with Gasteiger partial charge in [-0.3, -0.25) is 4.79 Å². The molecule has 29 heavy (non-hydrogen) atoms. The smallest absolute Gasteiger partial charge is 0.354 e. The van der Waals surface area contributed by atoms with E-state index in [4.69, 9.17) is 0 Å². The molecule has 0 aromatic heterocycles. The van der Waals surface area contributed by atoms with Crippen LogP contribution in [0.3, 0.4) is 0 Å². The van der Waals surface area contributed by atoms with Crippen molar-refractivity contribution < 1.29 is 30.8 Å². The first-order valence-corrected chi connectivity index (χ1v) is 10.2. The molecule has 0 aliphatic carbocycles. The Labute approximate surface area is 166 Å². The number of alkyl halides is 3. The lowest BCUT2D eigenvalue weighted by molar-refractivity contribution is -0.137. The number of carbonyl (C=O) groups excluding carboxylic acids is 1. The maximum absolute atomic E-state index is 13.0. The average Bonchev–Trinajstić information content (AvgIpc) is 2.65. The predicted molar refractivity (Wildman–Crippen MR) is 101 cm³/mol. The van der Waals surface area contributed by atoms with Crippen molar-refractivity contribution in [1.82, 2.24) is 5.32 Å². The van der Waals surface area contributed by atoms with Gasteiger partial charge in [0.05, 0.1) is 10.5 Å². The highest BCUT2D eigenvalue weighted by Gasteiger charge is 2.34. The van der Waals surface area contributed by atoms with Crippen LogP contribution in [0, 0.1) is 5.82 Å². The molecule has 2 aromatic rings. The van der Waals surface area contributed by atoms with Crippen molar-refractivity contribution in [2.75, 3.05) is 6.54 Å². The highest BCUT2D eigenvalue weighted by molar-refractivity contribution is 7.92. The molecule has 1 amide bonds. The van der Waals surface area contributed by atoms with Gasteiger partial charge in [-0.05, 0) is 42.8 Å². The largest absolute Gasteiger partial charge is 0.416 e. The van der Waals surface area contributed by atoms with Crippen molar-refractivity contribution in [2.24, 2.45) is 0 Å². The van der Waals surface area contributed by atoms with Gasteiger partial charge in [0, 0.05) is 12.0 Å². The van der Waals surface area contributed by atoms with Crippen molar-refractivity contribution in [3.8, 4) is 0 Å². The second-order valence-electron chi connectivity index (χ2n) is 7.32. The van der Waals surface area contributed by atoms with E-state index in [0.717, 1.165) is 36.4 Å². The van der Waals surface area contributed by atoms with Crippen LogP contribution in [0.2, 0.25) is 0 Å². The van der Waals surface area contributed by atoms with Gasteiger partial charge in [-0.25, -0.2) is 12.8 Å². The number of carbonyl (C=O) groups is 1. The van der Waals surface area contributed by atoms with E-state index < -0.39 is 44.0 Å². The molecule has 0 aliphatic heterocycles. The summed E-state index contributed by atoms with van der Waals surface area (Å²) in [5.74, 6) is -1.40. The Kier molecular flexibility index (Phi) is 6.42. The van der Waals surface area contributed by atoms with Crippen LogP contribution in [0.25, 0.3) is 0 Å². The van der Waals surface area contributed by atoms with Gasteiger partial charge in [-0.15, -0.1) is 0 Å². The lowest BCUT2D eigenvalue weighted by atomic mass is 9.83. The van der Waals surface area contributed by atoms with Crippen LogP contribution in [0.15, 0.2) is 53.4 Å². The van der Waals surface area contributed by atoms with E-state index in [9.17, 15) is 30.8 Å². The summed E-state index contributed by atoms with van der Waals surface area (Å²) in [7, 11) is -4.04. The summed E-state index contributed by atoms with van der Waals surface area (Å²) in [6.07, 6.45) is -4.49. The number of hydrogen-bond acceptors (Lipinski definition) is 3. The Morgan fingerprint density at radius 2 is 1.59 bits per heavy atom. The number of sulfone groups is 1. The van der Waals surface area contributed by atoms with Gasteiger partial charge in [-0.2, -0.15) is 13.2 Å². The van der Waals surface area contributed by atoms with Gasteiger partial charge in [0.25, 0.3) is 0 Å². The zero-order chi connectivity index (χ0) is 22.0. The molecule has 1 atom stereocenters. The Hall–Kier alpha value is -2.42. The van der Waals surface area contributed by atoms with E-state index in [0.29, 0.717) is 5.56 Å². The van der Waals surface area contributed by atoms with Crippen LogP contribution >= 0.6 is 0 Å². The third-order valence-electron chi connectivity index (χ3n) is 4.65. The summed E-state index contributed by atoms with van der Waals surface area (Å²) in [5, 5.41) is 1.04. The van der Waals surface area contributed by atoms with Gasteiger partial charge < -0.3 is 5.32 Å². The maximum atomic E-state index is 13.0. The van der Waals surface area contributed by atoms with E-state index in [2.05, 4.69) is 5.32 Å². The summed E-state index contributed by atoms with van der Waals surface area (Å²) >= 11 is 0. The molecule has 0 heterocycles. The topological polar surface area (TPSA) is 63.2 Å². The zero-order valence-corrected chi connectivity index (χ0v) is 16.9. The first-order chi connectivity index (χ1) is 13.2. The minimum Gasteiger partial charge on any atom is -0.354 e. The summed E-state index contributed by atoms with van der Waals surface area (Å²) in [6.45, 7) is 4.41. The van der Waals surface area contributed by atoms with E-state index in [1.165, 1.54) is 19.1 Å². The van der Waals surface area contributed by atoms with Crippen LogP contribution in [0.4, 0.5) is 17.6 Å². The summed E-state index contributed by atoms with van der Waals surface area (Å²) < 4.78 is 76.9. The standard InChI is InChI=1S/C20H21F4NO3S/c1-13(29(27,28)17-9-7-16(21)8-10-17)18(26)25-12-19(2,3)14-5-4-6-15(11-14)20(22,23)24/h4-11,13H,12H2,1-3H3,(H,25,26). The molecule has 1 N–H and O–H groups in total. The van der Waals surface area contributed by atoms with Crippen LogP contribution in [-0.4, -0.2) is 26.1 Å². The summed E-state index contributed by atoms with van der Waals surface area (Å²) in [5.41, 5.74) is -1.33. The number of benzene rings is 2. The fourth-order valence-electron chi connectivity index (χ4n) is 2.64. The van der Waals surface area contributed by atoms with Gasteiger partial charge in [0.2, 0.25) is 5.91 Å². The molecule has 0 spiro atoms. The number of hydrogen-bond donors (Lipinski definition) is 1. The van der Waals surface area contributed by atoms with Crippen molar-refractivity contribution >= 4 is 15.7 Å². The Bertz CT molecular complexity index is 984. The van der Waals surface area contributed by atoms with E-state index in [1.54, 1.807) is 13.8 Å². The van der Waals surface area contributed by atoms with Gasteiger partial charge in [0.15, 0.2) is 9.84 Å². The molecule has 0 saturated heterocycles. The van der Waals surface area contributed by atoms with Crippen LogP contribution in [-0.2, 0) is 26.2 Å². The second kappa shape index (κ2) is 8.14.